The smallest absolute Gasteiger partial charge is 0.119 e. The number of benzene rings is 1. The van der Waals surface area contributed by atoms with Crippen LogP contribution in [0.25, 0.3) is 0 Å². The molecular weight excluding hydrogens is 324 g/mol. The second-order valence-electron chi connectivity index (χ2n) is 3.84. The second-order valence-corrected chi connectivity index (χ2v) is 5.77. The number of thioether (sulfide) groups is 1. The van der Waals surface area contributed by atoms with Gasteiger partial charge in [0.2, 0.25) is 0 Å². The first-order valence-electron chi connectivity index (χ1n) is 5.94. The molecule has 0 fully saturated rings. The van der Waals surface area contributed by atoms with Crippen molar-refractivity contribution in [3.05, 3.63) is 52.6 Å². The van der Waals surface area contributed by atoms with Crippen LogP contribution in [0.1, 0.15) is 5.56 Å². The van der Waals surface area contributed by atoms with Crippen molar-refractivity contribution in [1.29, 1.82) is 0 Å². The van der Waals surface area contributed by atoms with Gasteiger partial charge in [-0.2, -0.15) is 0 Å². The maximum Gasteiger partial charge on any atom is 0.119 e. The molecule has 0 aliphatic carbocycles. The van der Waals surface area contributed by atoms with Crippen molar-refractivity contribution in [2.75, 3.05) is 12.4 Å². The Hall–Kier alpha value is -1.04. The van der Waals surface area contributed by atoms with Crippen molar-refractivity contribution in [3.8, 4) is 5.75 Å². The molecule has 100 valence electrons. The summed E-state index contributed by atoms with van der Waals surface area (Å²) < 4.78 is 6.68. The number of rotatable bonds is 6. The van der Waals surface area contributed by atoms with Crippen molar-refractivity contribution in [2.45, 2.75) is 11.6 Å². The number of nitrogens with two attached hydrogens (primary N) is 1. The molecule has 19 heavy (non-hydrogen) atoms. The fraction of sp³-hybridized carbons (Fsp3) is 0.214. The third-order valence-corrected chi connectivity index (χ3v) is 4.35. The molecule has 1 aromatic heterocycles. The number of hydrogen-bond acceptors (Lipinski definition) is 4. The number of ether oxygens (including phenoxy) is 1. The van der Waals surface area contributed by atoms with E-state index >= 15 is 0 Å². The lowest BCUT2D eigenvalue weighted by atomic mass is 10.2. The van der Waals surface area contributed by atoms with E-state index in [9.17, 15) is 0 Å². The Bertz CT molecular complexity index is 519. The highest BCUT2D eigenvalue weighted by atomic mass is 79.9. The van der Waals surface area contributed by atoms with Gasteiger partial charge in [0.25, 0.3) is 0 Å². The average Bonchev–Trinajstić information content (AvgIpc) is 2.46. The molecule has 2 rings (SSSR count). The van der Waals surface area contributed by atoms with Gasteiger partial charge in [-0.25, -0.2) is 4.98 Å². The maximum absolute atomic E-state index is 5.66. The molecule has 2 aromatic rings. The van der Waals surface area contributed by atoms with Gasteiger partial charge < -0.3 is 10.5 Å². The van der Waals surface area contributed by atoms with E-state index < -0.39 is 0 Å². The minimum atomic E-state index is 0.559. The molecule has 0 aliphatic heterocycles. The molecule has 1 aromatic carbocycles. The molecule has 0 unspecified atom stereocenters. The van der Waals surface area contributed by atoms with Gasteiger partial charge in [0.1, 0.15) is 10.8 Å². The van der Waals surface area contributed by atoms with E-state index in [0.717, 1.165) is 26.6 Å². The predicted molar refractivity (Wildman–Crippen MR) is 82.5 cm³/mol. The Morgan fingerprint density at radius 1 is 1.21 bits per heavy atom. The summed E-state index contributed by atoms with van der Waals surface area (Å²) in [6.45, 7) is 1.21. The van der Waals surface area contributed by atoms with Crippen LogP contribution in [0, 0.1) is 0 Å². The summed E-state index contributed by atoms with van der Waals surface area (Å²) in [6, 6.07) is 11.8. The first-order chi connectivity index (χ1) is 9.29. The molecule has 1 heterocycles. The fourth-order valence-electron chi connectivity index (χ4n) is 1.50. The van der Waals surface area contributed by atoms with E-state index in [-0.39, 0.29) is 0 Å². The summed E-state index contributed by atoms with van der Waals surface area (Å²) in [5.74, 6) is 1.73. The third kappa shape index (κ3) is 4.53. The van der Waals surface area contributed by atoms with E-state index in [1.807, 2.05) is 36.4 Å². The number of pyridine rings is 1. The van der Waals surface area contributed by atoms with E-state index in [0.29, 0.717) is 13.2 Å². The molecule has 0 bridgehead atoms. The van der Waals surface area contributed by atoms with Crippen LogP contribution in [0.4, 0.5) is 0 Å². The highest BCUT2D eigenvalue weighted by Crippen LogP contribution is 2.24. The number of nitrogens with zero attached hydrogens (tertiary/aromatic N) is 1. The van der Waals surface area contributed by atoms with Gasteiger partial charge in [0.15, 0.2) is 0 Å². The van der Waals surface area contributed by atoms with Crippen LogP contribution in [0.15, 0.2) is 52.1 Å². The molecule has 0 amide bonds. The highest BCUT2D eigenvalue weighted by molar-refractivity contribution is 9.10. The zero-order valence-corrected chi connectivity index (χ0v) is 12.8. The lowest BCUT2D eigenvalue weighted by molar-refractivity contribution is 0.344. The standard InChI is InChI=1S/C14H15BrN2OS/c15-13-2-1-7-17-14(13)19-9-8-18-12-5-3-11(10-16)4-6-12/h1-7H,8-10,16H2. The van der Waals surface area contributed by atoms with Gasteiger partial charge in [0.05, 0.1) is 6.61 Å². The highest BCUT2D eigenvalue weighted by Gasteiger charge is 2.01. The van der Waals surface area contributed by atoms with E-state index in [1.54, 1.807) is 18.0 Å². The van der Waals surface area contributed by atoms with Gasteiger partial charge in [-0.15, -0.1) is 11.8 Å². The maximum atomic E-state index is 5.66. The quantitative estimate of drug-likeness (QED) is 0.647. The van der Waals surface area contributed by atoms with E-state index in [1.165, 1.54) is 0 Å². The topological polar surface area (TPSA) is 48.1 Å². The summed E-state index contributed by atoms with van der Waals surface area (Å²) >= 11 is 5.14. The molecule has 5 heteroatoms. The molecule has 0 aliphatic rings. The van der Waals surface area contributed by atoms with Crippen LogP contribution in [0.5, 0.6) is 5.75 Å². The van der Waals surface area contributed by atoms with Gasteiger partial charge in [-0.05, 0) is 45.8 Å². The number of halogens is 1. The Morgan fingerprint density at radius 3 is 2.68 bits per heavy atom. The van der Waals surface area contributed by atoms with Crippen LogP contribution in [-0.2, 0) is 6.54 Å². The zero-order valence-electron chi connectivity index (χ0n) is 10.4. The molecule has 3 nitrogen and oxygen atoms in total. The Kier molecular flexibility index (Phi) is 5.69. The lowest BCUT2D eigenvalue weighted by Gasteiger charge is -2.07. The normalized spacial score (nSPS) is 10.4. The lowest BCUT2D eigenvalue weighted by Crippen LogP contribution is -2.01. The number of aromatic nitrogens is 1. The first-order valence-corrected chi connectivity index (χ1v) is 7.72. The Labute approximate surface area is 125 Å². The largest absolute Gasteiger partial charge is 0.493 e. The summed E-state index contributed by atoms with van der Waals surface area (Å²) in [6.07, 6.45) is 1.79. The van der Waals surface area contributed by atoms with Gasteiger partial charge >= 0.3 is 0 Å². The van der Waals surface area contributed by atoms with Crippen molar-refractivity contribution in [2.24, 2.45) is 5.73 Å². The molecule has 0 spiro atoms. The van der Waals surface area contributed by atoms with Crippen LogP contribution in [0.3, 0.4) is 0 Å². The van der Waals surface area contributed by atoms with Gasteiger partial charge in [-0.1, -0.05) is 12.1 Å². The van der Waals surface area contributed by atoms with Crippen LogP contribution in [-0.4, -0.2) is 17.3 Å². The summed E-state index contributed by atoms with van der Waals surface area (Å²) in [4.78, 5) is 4.29. The average molecular weight is 339 g/mol. The second kappa shape index (κ2) is 7.53. The van der Waals surface area contributed by atoms with Crippen molar-refractivity contribution in [1.82, 2.24) is 4.98 Å². The zero-order chi connectivity index (χ0) is 13.5. The monoisotopic (exact) mass is 338 g/mol. The van der Waals surface area contributed by atoms with Crippen molar-refractivity contribution in [3.63, 3.8) is 0 Å². The van der Waals surface area contributed by atoms with Crippen LogP contribution < -0.4 is 10.5 Å². The van der Waals surface area contributed by atoms with Crippen LogP contribution >= 0.6 is 27.7 Å². The Balaban J connectivity index is 1.76. The molecule has 0 saturated heterocycles. The van der Waals surface area contributed by atoms with Crippen molar-refractivity contribution >= 4 is 27.7 Å². The number of hydrogen-bond donors (Lipinski definition) is 1. The SMILES string of the molecule is NCc1ccc(OCCSc2ncccc2Br)cc1. The third-order valence-electron chi connectivity index (χ3n) is 2.47. The molecule has 0 atom stereocenters. The summed E-state index contributed by atoms with van der Waals surface area (Å²) in [5, 5.41) is 0.990. The molecule has 2 N–H and O–H groups in total. The van der Waals surface area contributed by atoms with E-state index in [2.05, 4.69) is 20.9 Å². The predicted octanol–water partition coefficient (Wildman–Crippen LogP) is 3.47. The van der Waals surface area contributed by atoms with Crippen LogP contribution in [0.2, 0.25) is 0 Å². The minimum absolute atomic E-state index is 0.559. The van der Waals surface area contributed by atoms with Gasteiger partial charge in [-0.3, -0.25) is 0 Å². The summed E-state index contributed by atoms with van der Waals surface area (Å²) in [7, 11) is 0. The molecule has 0 radical (unpaired) electrons. The fourth-order valence-corrected chi connectivity index (χ4v) is 2.80. The Morgan fingerprint density at radius 2 is 2.00 bits per heavy atom. The molecule has 0 saturated carbocycles. The van der Waals surface area contributed by atoms with E-state index in [4.69, 9.17) is 10.5 Å². The molecular formula is C14H15BrN2OS. The minimum Gasteiger partial charge on any atom is -0.493 e. The summed E-state index contributed by atoms with van der Waals surface area (Å²) in [5.41, 5.74) is 6.65. The van der Waals surface area contributed by atoms with Gasteiger partial charge in [0, 0.05) is 23.0 Å². The first kappa shape index (κ1) is 14.4. The van der Waals surface area contributed by atoms with Crippen molar-refractivity contribution < 1.29 is 4.74 Å².